The van der Waals surface area contributed by atoms with Gasteiger partial charge in [0.15, 0.2) is 6.10 Å². The molecule has 0 aromatic rings. The maximum Gasteiger partial charge on any atom is 0.306 e. The van der Waals surface area contributed by atoms with Crippen molar-refractivity contribution in [1.29, 1.82) is 0 Å². The molecule has 1 atom stereocenters. The number of esters is 3. The van der Waals surface area contributed by atoms with E-state index in [1.807, 2.05) is 36.5 Å². The van der Waals surface area contributed by atoms with Gasteiger partial charge < -0.3 is 14.2 Å². The summed E-state index contributed by atoms with van der Waals surface area (Å²) in [4.78, 5) is 37.9. The topological polar surface area (TPSA) is 78.9 Å². The molecule has 0 spiro atoms. The molecule has 348 valence electrons. The van der Waals surface area contributed by atoms with Crippen molar-refractivity contribution in [2.24, 2.45) is 0 Å². The molecule has 0 bridgehead atoms. The molecule has 6 nitrogen and oxygen atoms in total. The number of rotatable bonds is 44. The Morgan fingerprint density at radius 3 is 1.11 bits per heavy atom. The van der Waals surface area contributed by atoms with E-state index in [0.717, 1.165) is 96.3 Å². The number of ether oxygens (including phenoxy) is 3. The molecule has 6 heteroatoms. The van der Waals surface area contributed by atoms with Crippen LogP contribution in [0.3, 0.4) is 0 Å². The summed E-state index contributed by atoms with van der Waals surface area (Å²) in [5, 5.41) is 0. The van der Waals surface area contributed by atoms with E-state index in [4.69, 9.17) is 14.2 Å². The van der Waals surface area contributed by atoms with Gasteiger partial charge in [0.25, 0.3) is 0 Å². The maximum absolute atomic E-state index is 12.7. The lowest BCUT2D eigenvalue weighted by Crippen LogP contribution is -2.30. The first kappa shape index (κ1) is 57.6. The fraction of sp³-hybridized carbons (Fsp3) is 0.691. The summed E-state index contributed by atoms with van der Waals surface area (Å²) in [7, 11) is 0. The average Bonchev–Trinajstić information content (AvgIpc) is 3.26. The highest BCUT2D eigenvalue weighted by atomic mass is 16.6. The Kier molecular flexibility index (Phi) is 46.5. The van der Waals surface area contributed by atoms with E-state index in [2.05, 4.69) is 69.4 Å². The first-order chi connectivity index (χ1) is 30.0. The predicted molar refractivity (Wildman–Crippen MR) is 261 cm³/mol. The number of hydrogen-bond acceptors (Lipinski definition) is 6. The van der Waals surface area contributed by atoms with Crippen molar-refractivity contribution in [2.45, 2.75) is 232 Å². The van der Waals surface area contributed by atoms with Crippen LogP contribution in [0.5, 0.6) is 0 Å². The molecule has 0 heterocycles. The summed E-state index contributed by atoms with van der Waals surface area (Å²) in [5.74, 6) is -0.970. The molecule has 1 unspecified atom stereocenters. The zero-order valence-corrected chi connectivity index (χ0v) is 39.7. The third-order valence-corrected chi connectivity index (χ3v) is 10.5. The third-order valence-electron chi connectivity index (χ3n) is 10.5. The monoisotopic (exact) mass is 849 g/mol. The van der Waals surface area contributed by atoms with Crippen LogP contribution in [0, 0.1) is 0 Å². The van der Waals surface area contributed by atoms with Crippen molar-refractivity contribution in [3.05, 3.63) is 85.1 Å². The predicted octanol–water partition coefficient (Wildman–Crippen LogP) is 16.4. The molecular weight excluding hydrogens is 757 g/mol. The van der Waals surface area contributed by atoms with Gasteiger partial charge in [-0.1, -0.05) is 202 Å². The molecule has 0 aromatic carbocycles. The van der Waals surface area contributed by atoms with E-state index in [1.54, 1.807) is 0 Å². The van der Waals surface area contributed by atoms with E-state index < -0.39 is 6.10 Å². The highest BCUT2D eigenvalue weighted by Crippen LogP contribution is 2.13. The summed E-state index contributed by atoms with van der Waals surface area (Å²) >= 11 is 0. The van der Waals surface area contributed by atoms with E-state index in [1.165, 1.54) is 83.5 Å². The van der Waals surface area contributed by atoms with Gasteiger partial charge in [-0.25, -0.2) is 0 Å². The molecule has 0 aliphatic heterocycles. The number of allylic oxidation sites excluding steroid dienone is 14. The Morgan fingerprint density at radius 1 is 0.344 bits per heavy atom. The second kappa shape index (κ2) is 49.2. The van der Waals surface area contributed by atoms with Gasteiger partial charge in [0.2, 0.25) is 0 Å². The van der Waals surface area contributed by atoms with Crippen molar-refractivity contribution in [3.63, 3.8) is 0 Å². The molecule has 61 heavy (non-hydrogen) atoms. The van der Waals surface area contributed by atoms with E-state index in [-0.39, 0.29) is 37.5 Å². The first-order valence-corrected chi connectivity index (χ1v) is 25.2. The zero-order chi connectivity index (χ0) is 44.4. The van der Waals surface area contributed by atoms with Crippen LogP contribution in [0.4, 0.5) is 0 Å². The number of carbonyl (C=O) groups is 3. The lowest BCUT2D eigenvalue weighted by atomic mass is 10.1. The quantitative estimate of drug-likeness (QED) is 0.0200. The smallest absolute Gasteiger partial charge is 0.306 e. The largest absolute Gasteiger partial charge is 0.462 e. The van der Waals surface area contributed by atoms with E-state index >= 15 is 0 Å². The minimum absolute atomic E-state index is 0.103. The molecule has 0 fully saturated rings. The maximum atomic E-state index is 12.7. The van der Waals surface area contributed by atoms with Crippen LogP contribution in [0.15, 0.2) is 85.1 Å². The van der Waals surface area contributed by atoms with Gasteiger partial charge in [0, 0.05) is 19.3 Å². The summed E-state index contributed by atoms with van der Waals surface area (Å²) < 4.78 is 16.7. The van der Waals surface area contributed by atoms with Crippen molar-refractivity contribution in [1.82, 2.24) is 0 Å². The van der Waals surface area contributed by atoms with Crippen LogP contribution in [0.2, 0.25) is 0 Å². The Labute approximate surface area is 375 Å². The molecule has 0 amide bonds. The number of hydrogen-bond donors (Lipinski definition) is 0. The van der Waals surface area contributed by atoms with Gasteiger partial charge in [-0.05, 0) is 89.9 Å². The van der Waals surface area contributed by atoms with Crippen LogP contribution < -0.4 is 0 Å². The van der Waals surface area contributed by atoms with Crippen LogP contribution in [0.25, 0.3) is 0 Å². The summed E-state index contributed by atoms with van der Waals surface area (Å²) in [6, 6.07) is 0. The van der Waals surface area contributed by atoms with Gasteiger partial charge in [-0.2, -0.15) is 0 Å². The highest BCUT2D eigenvalue weighted by Gasteiger charge is 2.19. The molecule has 0 saturated carbocycles. The van der Waals surface area contributed by atoms with E-state index in [9.17, 15) is 14.4 Å². The average molecular weight is 849 g/mol. The highest BCUT2D eigenvalue weighted by molar-refractivity contribution is 5.71. The Morgan fingerprint density at radius 2 is 0.656 bits per heavy atom. The number of carbonyl (C=O) groups excluding carboxylic acids is 3. The third kappa shape index (κ3) is 47.5. The van der Waals surface area contributed by atoms with Crippen LogP contribution in [-0.4, -0.2) is 37.2 Å². The molecule has 0 aliphatic rings. The second-order valence-corrected chi connectivity index (χ2v) is 16.5. The van der Waals surface area contributed by atoms with Crippen molar-refractivity contribution in [2.75, 3.05) is 13.2 Å². The lowest BCUT2D eigenvalue weighted by Gasteiger charge is -2.18. The van der Waals surface area contributed by atoms with Crippen molar-refractivity contribution in [3.8, 4) is 0 Å². The van der Waals surface area contributed by atoms with Gasteiger partial charge in [-0.15, -0.1) is 0 Å². The van der Waals surface area contributed by atoms with Crippen LogP contribution in [-0.2, 0) is 28.6 Å². The first-order valence-electron chi connectivity index (χ1n) is 25.2. The fourth-order valence-electron chi connectivity index (χ4n) is 6.67. The lowest BCUT2D eigenvalue weighted by molar-refractivity contribution is -0.167. The molecule has 0 radical (unpaired) electrons. The minimum atomic E-state index is -0.806. The normalized spacial score (nSPS) is 12.8. The fourth-order valence-corrected chi connectivity index (χ4v) is 6.67. The van der Waals surface area contributed by atoms with Gasteiger partial charge in [-0.3, -0.25) is 14.4 Å². The molecule has 0 aromatic heterocycles. The Bertz CT molecular complexity index is 1200. The van der Waals surface area contributed by atoms with Gasteiger partial charge in [0.1, 0.15) is 13.2 Å². The summed E-state index contributed by atoms with van der Waals surface area (Å²) in [5.41, 5.74) is 0. The Balaban J connectivity index is 4.46. The van der Waals surface area contributed by atoms with Crippen molar-refractivity contribution < 1.29 is 28.6 Å². The van der Waals surface area contributed by atoms with Crippen LogP contribution in [0.1, 0.15) is 226 Å². The van der Waals surface area contributed by atoms with Crippen LogP contribution >= 0.6 is 0 Å². The SMILES string of the molecule is CC\C=C/C=C\C=C/C=C\CCCCCC(=O)OC(COC(=O)CCCCCCC/C=C\C=C/CCCCCCCCC)COC(=O)CCCCCCC/C=C\CCCCC. The Hall–Kier alpha value is -3.41. The summed E-state index contributed by atoms with van der Waals surface area (Å²) in [6.45, 7) is 6.40. The molecule has 0 rings (SSSR count). The molecule has 0 N–H and O–H groups in total. The standard InChI is InChI=1S/C55H92O6/c1-4-7-10-13-16-19-22-25-26-27-28-29-31-33-36-39-42-45-48-54(57)60-51-52(50-59-53(56)47-44-41-38-35-32-24-21-18-15-12-9-6-3)61-55(58)49-46-43-40-37-34-30-23-20-17-14-11-8-5-2/h8,11,14,17-18,20-21,23,26-30,34,52H,4-7,9-10,12-13,15-16,19,22,24-25,31-33,35-51H2,1-3H3/b11-8-,17-14-,21-18-,23-20-,27-26-,29-28-,34-30-. The molecular formula is C55H92O6. The second-order valence-electron chi connectivity index (χ2n) is 16.5. The van der Waals surface area contributed by atoms with E-state index in [0.29, 0.717) is 19.3 Å². The van der Waals surface area contributed by atoms with Gasteiger partial charge >= 0.3 is 17.9 Å². The summed E-state index contributed by atoms with van der Waals surface area (Å²) in [6.07, 6.45) is 62.8. The van der Waals surface area contributed by atoms with Gasteiger partial charge in [0.05, 0.1) is 0 Å². The molecule has 0 saturated heterocycles. The minimum Gasteiger partial charge on any atom is -0.462 e. The number of unbranched alkanes of at least 4 members (excludes halogenated alkanes) is 23. The molecule has 0 aliphatic carbocycles. The zero-order valence-electron chi connectivity index (χ0n) is 39.7. The van der Waals surface area contributed by atoms with Crippen molar-refractivity contribution >= 4 is 17.9 Å².